The van der Waals surface area contributed by atoms with Crippen LogP contribution in [-0.4, -0.2) is 24.0 Å². The van der Waals surface area contributed by atoms with Gasteiger partial charge >= 0.3 is 5.97 Å². The van der Waals surface area contributed by atoms with Crippen molar-refractivity contribution in [1.29, 1.82) is 0 Å². The number of nitrogens with zero attached hydrogens (tertiary/aromatic N) is 1. The second-order valence-electron chi connectivity index (χ2n) is 3.98. The number of hydrogen-bond donors (Lipinski definition) is 1. The van der Waals surface area contributed by atoms with Crippen molar-refractivity contribution in [1.82, 2.24) is 4.98 Å². The molecule has 0 atom stereocenters. The molecule has 1 aromatic heterocycles. The Morgan fingerprint density at radius 2 is 2.24 bits per heavy atom. The average molecular weight is 481 g/mol. The topological polar surface area (TPSA) is 68.3 Å². The molecular weight excluding hydrogens is 471 g/mol. The van der Waals surface area contributed by atoms with E-state index in [1.165, 1.54) is 18.4 Å². The number of nitrogens with one attached hydrogen (secondary N) is 1. The van der Waals surface area contributed by atoms with Crippen molar-refractivity contribution in [2.75, 3.05) is 12.4 Å². The lowest BCUT2D eigenvalue weighted by atomic mass is 10.2. The van der Waals surface area contributed by atoms with Gasteiger partial charge in [-0.3, -0.25) is 14.9 Å². The van der Waals surface area contributed by atoms with Gasteiger partial charge < -0.3 is 4.74 Å². The van der Waals surface area contributed by atoms with Gasteiger partial charge in [-0.25, -0.2) is 4.98 Å². The third-order valence-electron chi connectivity index (χ3n) is 2.50. The van der Waals surface area contributed by atoms with Crippen molar-refractivity contribution < 1.29 is 14.3 Å². The van der Waals surface area contributed by atoms with E-state index in [9.17, 15) is 9.59 Å². The van der Waals surface area contributed by atoms with Gasteiger partial charge in [0.05, 0.1) is 24.8 Å². The number of anilines is 1. The molecular formula is C13H10BrIN2O3S. The quantitative estimate of drug-likeness (QED) is 0.537. The summed E-state index contributed by atoms with van der Waals surface area (Å²) < 4.78 is 6.25. The molecule has 0 saturated carbocycles. The second-order valence-corrected chi connectivity index (χ2v) is 6.93. The molecule has 1 aromatic carbocycles. The van der Waals surface area contributed by atoms with Crippen LogP contribution in [0.25, 0.3) is 0 Å². The minimum Gasteiger partial charge on any atom is -0.469 e. The normalized spacial score (nSPS) is 10.2. The summed E-state index contributed by atoms with van der Waals surface area (Å²) in [6.45, 7) is 0. The van der Waals surface area contributed by atoms with Gasteiger partial charge in [-0.05, 0) is 56.7 Å². The number of rotatable bonds is 4. The molecule has 0 aliphatic rings. The molecule has 0 radical (unpaired) electrons. The van der Waals surface area contributed by atoms with Gasteiger partial charge in [0.15, 0.2) is 5.13 Å². The highest BCUT2D eigenvalue weighted by Gasteiger charge is 2.14. The number of carbonyl (C=O) groups excluding carboxylic acids is 2. The van der Waals surface area contributed by atoms with Gasteiger partial charge in [0.2, 0.25) is 0 Å². The molecule has 1 heterocycles. The smallest absolute Gasteiger partial charge is 0.311 e. The predicted octanol–water partition coefficient (Wildman–Crippen LogP) is 3.48. The van der Waals surface area contributed by atoms with E-state index in [4.69, 9.17) is 0 Å². The Bertz CT molecular complexity index is 690. The first-order valence-electron chi connectivity index (χ1n) is 5.77. The van der Waals surface area contributed by atoms with E-state index in [1.807, 2.05) is 12.1 Å². The zero-order chi connectivity index (χ0) is 15.4. The van der Waals surface area contributed by atoms with E-state index in [1.54, 1.807) is 11.4 Å². The lowest BCUT2D eigenvalue weighted by Gasteiger charge is -2.04. The maximum Gasteiger partial charge on any atom is 0.311 e. The largest absolute Gasteiger partial charge is 0.469 e. The van der Waals surface area contributed by atoms with Gasteiger partial charge in [-0.2, -0.15) is 0 Å². The first-order chi connectivity index (χ1) is 9.99. The highest BCUT2D eigenvalue weighted by atomic mass is 127. The van der Waals surface area contributed by atoms with Crippen LogP contribution in [0.4, 0.5) is 5.13 Å². The summed E-state index contributed by atoms with van der Waals surface area (Å²) >= 11 is 6.76. The fourth-order valence-electron chi connectivity index (χ4n) is 1.50. The Balaban J connectivity index is 2.09. The lowest BCUT2D eigenvalue weighted by Crippen LogP contribution is -2.13. The molecule has 0 spiro atoms. The van der Waals surface area contributed by atoms with E-state index in [0.29, 0.717) is 20.9 Å². The molecule has 8 heteroatoms. The van der Waals surface area contributed by atoms with Crippen LogP contribution in [0.15, 0.2) is 28.1 Å². The Morgan fingerprint density at radius 1 is 1.48 bits per heavy atom. The number of amides is 1. The number of benzene rings is 1. The molecule has 0 fully saturated rings. The van der Waals surface area contributed by atoms with Crippen LogP contribution in [0.3, 0.4) is 0 Å². The number of esters is 1. The monoisotopic (exact) mass is 480 g/mol. The average Bonchev–Trinajstić information content (AvgIpc) is 2.88. The van der Waals surface area contributed by atoms with E-state index < -0.39 is 0 Å². The van der Waals surface area contributed by atoms with Crippen LogP contribution in [0.1, 0.15) is 16.1 Å². The van der Waals surface area contributed by atoms with E-state index in [2.05, 4.69) is 53.6 Å². The summed E-state index contributed by atoms with van der Waals surface area (Å²) in [5, 5.41) is 4.89. The lowest BCUT2D eigenvalue weighted by molar-refractivity contribution is -0.139. The maximum atomic E-state index is 12.2. The number of hydrogen-bond acceptors (Lipinski definition) is 5. The summed E-state index contributed by atoms with van der Waals surface area (Å²) in [7, 11) is 1.33. The van der Waals surface area contributed by atoms with Crippen molar-refractivity contribution in [3.63, 3.8) is 0 Å². The van der Waals surface area contributed by atoms with Crippen LogP contribution in [0.5, 0.6) is 0 Å². The predicted molar refractivity (Wildman–Crippen MR) is 92.6 cm³/mol. The van der Waals surface area contributed by atoms with Crippen LogP contribution in [0, 0.1) is 3.57 Å². The molecule has 0 saturated heterocycles. The molecule has 0 unspecified atom stereocenters. The molecule has 0 bridgehead atoms. The summed E-state index contributed by atoms with van der Waals surface area (Å²) in [4.78, 5) is 27.6. The molecule has 5 nitrogen and oxygen atoms in total. The summed E-state index contributed by atoms with van der Waals surface area (Å²) in [6, 6.07) is 5.50. The first-order valence-corrected chi connectivity index (χ1v) is 8.52. The third kappa shape index (κ3) is 4.48. The highest BCUT2D eigenvalue weighted by Crippen LogP contribution is 2.22. The zero-order valence-electron chi connectivity index (χ0n) is 10.9. The van der Waals surface area contributed by atoms with Crippen LogP contribution in [0.2, 0.25) is 0 Å². The molecule has 110 valence electrons. The minimum atomic E-state index is -0.362. The van der Waals surface area contributed by atoms with Gasteiger partial charge in [0, 0.05) is 13.4 Å². The summed E-state index contributed by atoms with van der Waals surface area (Å²) in [5.74, 6) is -0.613. The molecule has 0 aliphatic carbocycles. The number of ether oxygens (including phenoxy) is 1. The summed E-state index contributed by atoms with van der Waals surface area (Å²) in [5.41, 5.74) is 1.11. The number of carbonyl (C=O) groups is 2. The van der Waals surface area contributed by atoms with Crippen LogP contribution in [-0.2, 0) is 16.0 Å². The van der Waals surface area contributed by atoms with Crippen molar-refractivity contribution in [2.24, 2.45) is 0 Å². The van der Waals surface area contributed by atoms with E-state index in [-0.39, 0.29) is 18.3 Å². The Hall–Kier alpha value is -1.000. The van der Waals surface area contributed by atoms with Gasteiger partial charge in [-0.15, -0.1) is 11.3 Å². The first kappa shape index (κ1) is 16.4. The van der Waals surface area contributed by atoms with Crippen LogP contribution < -0.4 is 5.32 Å². The van der Waals surface area contributed by atoms with Crippen molar-refractivity contribution in [3.8, 4) is 0 Å². The standard InChI is InChI=1S/C13H10BrIN2O3S/c1-20-11(18)5-8-6-21-13(16-8)17-12(19)9-4-7(15)2-3-10(9)14/h2-4,6H,5H2,1H3,(H,16,17,19). The fourth-order valence-corrected chi connectivity index (χ4v) is 3.12. The number of thiazole rings is 1. The van der Waals surface area contributed by atoms with Gasteiger partial charge in [-0.1, -0.05) is 0 Å². The zero-order valence-corrected chi connectivity index (χ0v) is 15.4. The number of halogens is 2. The molecule has 1 N–H and O–H groups in total. The molecule has 1 amide bonds. The van der Waals surface area contributed by atoms with Crippen LogP contribution >= 0.6 is 49.9 Å². The molecule has 21 heavy (non-hydrogen) atoms. The highest BCUT2D eigenvalue weighted by molar-refractivity contribution is 14.1. The molecule has 0 aliphatic heterocycles. The van der Waals surface area contributed by atoms with Crippen molar-refractivity contribution >= 4 is 66.9 Å². The maximum absolute atomic E-state index is 12.2. The minimum absolute atomic E-state index is 0.0931. The Morgan fingerprint density at radius 3 is 2.95 bits per heavy atom. The SMILES string of the molecule is COC(=O)Cc1csc(NC(=O)c2cc(I)ccc2Br)n1. The summed E-state index contributed by atoms with van der Waals surface area (Å²) in [6.07, 6.45) is 0.0931. The van der Waals surface area contributed by atoms with Gasteiger partial charge in [0.25, 0.3) is 5.91 Å². The Kier molecular flexibility index (Phi) is 5.71. The fraction of sp³-hybridized carbons (Fsp3) is 0.154. The molecule has 2 aromatic rings. The Labute approximate surface area is 147 Å². The van der Waals surface area contributed by atoms with E-state index in [0.717, 1.165) is 3.57 Å². The third-order valence-corrected chi connectivity index (χ3v) is 4.67. The number of aromatic nitrogens is 1. The van der Waals surface area contributed by atoms with Gasteiger partial charge in [0.1, 0.15) is 0 Å². The second kappa shape index (κ2) is 7.32. The van der Waals surface area contributed by atoms with Crippen molar-refractivity contribution in [3.05, 3.63) is 42.9 Å². The molecule has 2 rings (SSSR count). The van der Waals surface area contributed by atoms with Crippen molar-refractivity contribution in [2.45, 2.75) is 6.42 Å². The van der Waals surface area contributed by atoms with E-state index >= 15 is 0 Å². The number of methoxy groups -OCH3 is 1.